The van der Waals surface area contributed by atoms with Gasteiger partial charge in [-0.2, -0.15) is 0 Å². The Morgan fingerprint density at radius 3 is 2.33 bits per heavy atom. The van der Waals surface area contributed by atoms with Crippen LogP contribution in [0.4, 0.5) is 0 Å². The maximum absolute atomic E-state index is 12.1. The molecule has 0 N–H and O–H groups in total. The molecule has 1 aliphatic heterocycles. The molecule has 8 nitrogen and oxygen atoms in total. The number of methoxy groups -OCH3 is 1. The van der Waals surface area contributed by atoms with Gasteiger partial charge in [0.05, 0.1) is 7.11 Å². The maximum atomic E-state index is 12.1. The molecule has 0 amide bonds. The number of cyclic esters (lactones) is 2. The number of carbonyl (C=O) groups excluding carboxylic acids is 3. The summed E-state index contributed by atoms with van der Waals surface area (Å²) < 4.78 is 26.3. The lowest BCUT2D eigenvalue weighted by molar-refractivity contribution is -0.222. The van der Waals surface area contributed by atoms with Crippen molar-refractivity contribution in [2.75, 3.05) is 20.3 Å². The van der Waals surface area contributed by atoms with Crippen LogP contribution in [0.15, 0.2) is 22.2 Å². The number of halogens is 1. The van der Waals surface area contributed by atoms with Crippen LogP contribution in [0.5, 0.6) is 11.5 Å². The van der Waals surface area contributed by atoms with Crippen molar-refractivity contribution in [2.24, 2.45) is 0 Å². The zero-order valence-corrected chi connectivity index (χ0v) is 16.9. The summed E-state index contributed by atoms with van der Waals surface area (Å²) >= 11 is 3.36. The second-order valence-electron chi connectivity index (χ2n) is 5.95. The normalized spacial score (nSPS) is 15.5. The number of esters is 3. The number of carbonyl (C=O) groups is 3. The molecule has 0 bridgehead atoms. The van der Waals surface area contributed by atoms with Gasteiger partial charge >= 0.3 is 17.9 Å². The van der Waals surface area contributed by atoms with Crippen LogP contribution in [0.2, 0.25) is 0 Å². The summed E-state index contributed by atoms with van der Waals surface area (Å²) in [5, 5.41) is 0. The van der Waals surface area contributed by atoms with Gasteiger partial charge in [-0.15, -0.1) is 0 Å². The van der Waals surface area contributed by atoms with Crippen LogP contribution in [0.25, 0.3) is 6.08 Å². The van der Waals surface area contributed by atoms with Gasteiger partial charge in [0, 0.05) is 25.2 Å². The molecule has 0 unspecified atom stereocenters. The van der Waals surface area contributed by atoms with Crippen molar-refractivity contribution in [1.82, 2.24) is 0 Å². The fourth-order valence-electron chi connectivity index (χ4n) is 2.20. The topological polar surface area (TPSA) is 97.4 Å². The highest BCUT2D eigenvalue weighted by molar-refractivity contribution is 9.10. The summed E-state index contributed by atoms with van der Waals surface area (Å²) in [5.74, 6) is -2.49. The third-order valence-corrected chi connectivity index (χ3v) is 4.03. The van der Waals surface area contributed by atoms with Gasteiger partial charge in [0.15, 0.2) is 11.5 Å². The Balaban J connectivity index is 2.24. The monoisotopic (exact) mass is 442 g/mol. The highest BCUT2D eigenvalue weighted by Crippen LogP contribution is 2.35. The minimum Gasteiger partial charge on any atom is -0.493 e. The molecular formula is C18H19BrO8. The minimum atomic E-state index is -1.31. The van der Waals surface area contributed by atoms with E-state index in [4.69, 9.17) is 23.7 Å². The van der Waals surface area contributed by atoms with E-state index in [1.54, 1.807) is 12.1 Å². The first-order valence-corrected chi connectivity index (χ1v) is 8.74. The SMILES string of the molecule is COc1cc(C=C2C(=O)OC(C)(C)OC2=O)c(Br)cc1OCCOC(C)=O. The first kappa shape index (κ1) is 20.8. The first-order chi connectivity index (χ1) is 12.6. The lowest BCUT2D eigenvalue weighted by Gasteiger charge is -2.29. The van der Waals surface area contributed by atoms with Crippen LogP contribution in [0.3, 0.4) is 0 Å². The van der Waals surface area contributed by atoms with Crippen LogP contribution >= 0.6 is 15.9 Å². The molecule has 1 fully saturated rings. The van der Waals surface area contributed by atoms with Crippen LogP contribution in [0, 0.1) is 0 Å². The standard InChI is InChI=1S/C18H19BrO8/c1-10(20)24-5-6-25-15-9-13(19)11(8-14(15)23-4)7-12-16(21)26-18(2,3)27-17(12)22/h7-9H,5-6H2,1-4H3. The largest absolute Gasteiger partial charge is 0.493 e. The predicted molar refractivity (Wildman–Crippen MR) is 97.1 cm³/mol. The van der Waals surface area contributed by atoms with E-state index in [0.29, 0.717) is 21.5 Å². The summed E-state index contributed by atoms with van der Waals surface area (Å²) in [6.45, 7) is 4.48. The average Bonchev–Trinajstić information content (AvgIpc) is 2.55. The maximum Gasteiger partial charge on any atom is 0.348 e. The number of hydrogen-bond acceptors (Lipinski definition) is 8. The summed E-state index contributed by atoms with van der Waals surface area (Å²) in [5.41, 5.74) is 0.253. The highest BCUT2D eigenvalue weighted by Gasteiger charge is 2.39. The molecule has 0 atom stereocenters. The quantitative estimate of drug-likeness (QED) is 0.287. The minimum absolute atomic E-state index is 0.0926. The van der Waals surface area contributed by atoms with Crippen molar-refractivity contribution < 1.29 is 38.1 Å². The number of benzene rings is 1. The average molecular weight is 443 g/mol. The van der Waals surface area contributed by atoms with Crippen molar-refractivity contribution in [3.8, 4) is 11.5 Å². The van der Waals surface area contributed by atoms with E-state index in [1.807, 2.05) is 0 Å². The molecule has 0 aromatic heterocycles. The van der Waals surface area contributed by atoms with E-state index in [9.17, 15) is 14.4 Å². The molecule has 1 aromatic carbocycles. The summed E-state index contributed by atoms with van der Waals surface area (Å²) in [4.78, 5) is 34.9. The van der Waals surface area contributed by atoms with E-state index in [1.165, 1.54) is 34.0 Å². The Labute approximate surface area is 164 Å². The molecule has 1 saturated heterocycles. The van der Waals surface area contributed by atoms with Crippen LogP contribution in [-0.2, 0) is 28.6 Å². The van der Waals surface area contributed by atoms with Gasteiger partial charge in [0.25, 0.3) is 5.79 Å². The first-order valence-electron chi connectivity index (χ1n) is 7.95. The fraction of sp³-hybridized carbons (Fsp3) is 0.389. The number of hydrogen-bond donors (Lipinski definition) is 0. The molecule has 0 saturated carbocycles. The lowest BCUT2D eigenvalue weighted by atomic mass is 10.1. The molecule has 0 radical (unpaired) electrons. The van der Waals surface area contributed by atoms with Gasteiger partial charge in [-0.25, -0.2) is 9.59 Å². The van der Waals surface area contributed by atoms with Crippen molar-refractivity contribution in [3.63, 3.8) is 0 Å². The Morgan fingerprint density at radius 1 is 1.15 bits per heavy atom. The molecule has 0 aliphatic carbocycles. The van der Waals surface area contributed by atoms with Crippen molar-refractivity contribution in [1.29, 1.82) is 0 Å². The molecule has 1 aromatic rings. The van der Waals surface area contributed by atoms with Crippen molar-refractivity contribution >= 4 is 39.9 Å². The predicted octanol–water partition coefficient (Wildman–Crippen LogP) is 2.62. The summed E-state index contributed by atoms with van der Waals surface area (Å²) in [6, 6.07) is 3.20. The second kappa shape index (κ2) is 8.43. The van der Waals surface area contributed by atoms with Gasteiger partial charge in [-0.3, -0.25) is 4.79 Å². The van der Waals surface area contributed by atoms with Crippen molar-refractivity contribution in [2.45, 2.75) is 26.6 Å². The van der Waals surface area contributed by atoms with Gasteiger partial charge in [0.1, 0.15) is 18.8 Å². The van der Waals surface area contributed by atoms with Gasteiger partial charge in [-0.1, -0.05) is 15.9 Å². The van der Waals surface area contributed by atoms with E-state index >= 15 is 0 Å². The van der Waals surface area contributed by atoms with Crippen LogP contribution in [-0.4, -0.2) is 44.0 Å². The zero-order chi connectivity index (χ0) is 20.2. The van der Waals surface area contributed by atoms with E-state index in [2.05, 4.69) is 15.9 Å². The van der Waals surface area contributed by atoms with Gasteiger partial charge < -0.3 is 23.7 Å². The van der Waals surface area contributed by atoms with Gasteiger partial charge in [0.2, 0.25) is 0 Å². The molecule has 9 heteroatoms. The Bertz CT molecular complexity index is 775. The number of rotatable bonds is 6. The molecule has 146 valence electrons. The molecule has 0 spiro atoms. The second-order valence-corrected chi connectivity index (χ2v) is 6.80. The van der Waals surface area contributed by atoms with E-state index < -0.39 is 23.7 Å². The zero-order valence-electron chi connectivity index (χ0n) is 15.3. The molecular weight excluding hydrogens is 424 g/mol. The Hall–Kier alpha value is -2.55. The molecule has 1 aliphatic rings. The van der Waals surface area contributed by atoms with Crippen LogP contribution in [0.1, 0.15) is 26.3 Å². The fourth-order valence-corrected chi connectivity index (χ4v) is 2.64. The Morgan fingerprint density at radius 2 is 1.78 bits per heavy atom. The lowest BCUT2D eigenvalue weighted by Crippen LogP contribution is -2.41. The van der Waals surface area contributed by atoms with E-state index in [0.717, 1.165) is 0 Å². The molecule has 1 heterocycles. The molecule has 27 heavy (non-hydrogen) atoms. The van der Waals surface area contributed by atoms with E-state index in [-0.39, 0.29) is 18.8 Å². The Kier molecular flexibility index (Phi) is 6.48. The highest BCUT2D eigenvalue weighted by atomic mass is 79.9. The van der Waals surface area contributed by atoms with Gasteiger partial charge in [-0.05, 0) is 23.8 Å². The smallest absolute Gasteiger partial charge is 0.348 e. The summed E-state index contributed by atoms with van der Waals surface area (Å²) in [6.07, 6.45) is 1.34. The van der Waals surface area contributed by atoms with Crippen LogP contribution < -0.4 is 9.47 Å². The summed E-state index contributed by atoms with van der Waals surface area (Å²) in [7, 11) is 1.45. The molecule has 2 rings (SSSR count). The third kappa shape index (κ3) is 5.46. The number of ether oxygens (including phenoxy) is 5. The third-order valence-electron chi connectivity index (χ3n) is 3.35. The van der Waals surface area contributed by atoms with Crippen molar-refractivity contribution in [3.05, 3.63) is 27.7 Å².